The second kappa shape index (κ2) is 6.33. The van der Waals surface area contributed by atoms with E-state index in [1.165, 1.54) is 10.9 Å². The zero-order chi connectivity index (χ0) is 12.4. The number of nitrogens with one attached hydrogen (secondary N) is 1. The van der Waals surface area contributed by atoms with Crippen LogP contribution in [0.5, 0.6) is 0 Å². The van der Waals surface area contributed by atoms with Crippen LogP contribution in [0.25, 0.3) is 10.9 Å². The van der Waals surface area contributed by atoms with Crippen LogP contribution in [0.3, 0.4) is 0 Å². The molecule has 1 aromatic carbocycles. The lowest BCUT2D eigenvalue weighted by Gasteiger charge is -2.34. The lowest BCUT2D eigenvalue weighted by atomic mass is 10.1. The van der Waals surface area contributed by atoms with Gasteiger partial charge in [-0.15, -0.1) is 12.4 Å². The highest BCUT2D eigenvalue weighted by molar-refractivity contribution is 5.85. The minimum Gasteiger partial charge on any atom is -0.314 e. The maximum absolute atomic E-state index is 4.53. The molecule has 1 atom stereocenters. The van der Waals surface area contributed by atoms with Crippen molar-refractivity contribution in [3.63, 3.8) is 0 Å². The summed E-state index contributed by atoms with van der Waals surface area (Å²) in [4.78, 5) is 7.06. The fourth-order valence-electron chi connectivity index (χ4n) is 2.63. The first-order valence-corrected chi connectivity index (χ1v) is 6.62. The number of aromatic nitrogens is 1. The fraction of sp³-hybridized carbons (Fsp3) is 0.400. The van der Waals surface area contributed by atoms with Crippen molar-refractivity contribution >= 4 is 23.3 Å². The van der Waals surface area contributed by atoms with Crippen LogP contribution in [-0.2, 0) is 6.54 Å². The lowest BCUT2D eigenvalue weighted by molar-refractivity contribution is 0.166. The van der Waals surface area contributed by atoms with Crippen LogP contribution in [0, 0.1) is 0 Å². The molecule has 1 aromatic heterocycles. The van der Waals surface area contributed by atoms with Gasteiger partial charge in [-0.3, -0.25) is 9.88 Å². The maximum atomic E-state index is 4.53. The summed E-state index contributed by atoms with van der Waals surface area (Å²) in [5, 5.41) is 4.66. The Morgan fingerprint density at radius 2 is 2.16 bits per heavy atom. The molecular formula is C15H20ClN3. The smallest absolute Gasteiger partial charge is 0.0746 e. The summed E-state index contributed by atoms with van der Waals surface area (Å²) in [7, 11) is 0. The Morgan fingerprint density at radius 1 is 1.32 bits per heavy atom. The Labute approximate surface area is 120 Å². The van der Waals surface area contributed by atoms with E-state index in [9.17, 15) is 0 Å². The normalized spacial score (nSPS) is 20.2. The van der Waals surface area contributed by atoms with Crippen molar-refractivity contribution in [1.82, 2.24) is 15.2 Å². The first kappa shape index (κ1) is 14.3. The summed E-state index contributed by atoms with van der Waals surface area (Å²) in [6, 6.07) is 11.2. The van der Waals surface area contributed by atoms with Gasteiger partial charge in [0.1, 0.15) is 0 Å². The number of hydrogen-bond acceptors (Lipinski definition) is 3. The highest BCUT2D eigenvalue weighted by atomic mass is 35.5. The van der Waals surface area contributed by atoms with Crippen molar-refractivity contribution < 1.29 is 0 Å². The summed E-state index contributed by atoms with van der Waals surface area (Å²) < 4.78 is 0. The van der Waals surface area contributed by atoms with Gasteiger partial charge in [0, 0.05) is 43.8 Å². The average Bonchev–Trinajstić information content (AvgIpc) is 2.42. The zero-order valence-electron chi connectivity index (χ0n) is 11.2. The van der Waals surface area contributed by atoms with Gasteiger partial charge in [0.05, 0.1) is 5.52 Å². The quantitative estimate of drug-likeness (QED) is 0.914. The van der Waals surface area contributed by atoms with Crippen molar-refractivity contribution in [2.45, 2.75) is 19.5 Å². The third kappa shape index (κ3) is 3.06. The Bertz CT molecular complexity index is 538. The number of para-hydroxylation sites is 1. The number of benzene rings is 1. The molecule has 4 heteroatoms. The average molecular weight is 278 g/mol. The van der Waals surface area contributed by atoms with E-state index in [0.717, 1.165) is 31.7 Å². The molecule has 0 saturated carbocycles. The van der Waals surface area contributed by atoms with Crippen LogP contribution in [0.2, 0.25) is 0 Å². The first-order chi connectivity index (χ1) is 8.84. The van der Waals surface area contributed by atoms with E-state index in [4.69, 9.17) is 0 Å². The first-order valence-electron chi connectivity index (χ1n) is 6.62. The molecule has 1 aliphatic heterocycles. The van der Waals surface area contributed by atoms with E-state index >= 15 is 0 Å². The van der Waals surface area contributed by atoms with Gasteiger partial charge in [-0.1, -0.05) is 24.3 Å². The fourth-order valence-corrected chi connectivity index (χ4v) is 2.63. The molecule has 1 aliphatic rings. The summed E-state index contributed by atoms with van der Waals surface area (Å²) in [6.45, 7) is 6.56. The maximum Gasteiger partial charge on any atom is 0.0746 e. The number of pyridine rings is 1. The van der Waals surface area contributed by atoms with E-state index < -0.39 is 0 Å². The third-order valence-electron chi connectivity index (χ3n) is 3.73. The van der Waals surface area contributed by atoms with E-state index in [2.05, 4.69) is 46.4 Å². The summed E-state index contributed by atoms with van der Waals surface area (Å²) in [5.41, 5.74) is 2.48. The van der Waals surface area contributed by atoms with Crippen molar-refractivity contribution in [3.05, 3.63) is 42.1 Å². The molecule has 2 aromatic rings. The largest absolute Gasteiger partial charge is 0.314 e. The Morgan fingerprint density at radius 3 is 3.00 bits per heavy atom. The van der Waals surface area contributed by atoms with Crippen molar-refractivity contribution in [2.75, 3.05) is 19.6 Å². The number of rotatable bonds is 2. The van der Waals surface area contributed by atoms with Gasteiger partial charge in [-0.05, 0) is 18.6 Å². The van der Waals surface area contributed by atoms with Gasteiger partial charge < -0.3 is 5.32 Å². The molecule has 1 saturated heterocycles. The van der Waals surface area contributed by atoms with Crippen LogP contribution >= 0.6 is 12.4 Å². The van der Waals surface area contributed by atoms with Gasteiger partial charge in [0.2, 0.25) is 0 Å². The molecule has 0 bridgehead atoms. The molecule has 3 nitrogen and oxygen atoms in total. The van der Waals surface area contributed by atoms with E-state index in [-0.39, 0.29) is 12.4 Å². The predicted molar refractivity (Wildman–Crippen MR) is 81.7 cm³/mol. The molecule has 1 N–H and O–H groups in total. The number of nitrogens with zero attached hydrogens (tertiary/aromatic N) is 2. The molecule has 0 aliphatic carbocycles. The van der Waals surface area contributed by atoms with Crippen molar-refractivity contribution in [2.24, 2.45) is 0 Å². The minimum atomic E-state index is 0. The predicted octanol–water partition coefficient (Wildman–Crippen LogP) is 2.45. The van der Waals surface area contributed by atoms with E-state index in [1.807, 2.05) is 12.3 Å². The molecule has 3 rings (SSSR count). The van der Waals surface area contributed by atoms with E-state index in [0.29, 0.717) is 6.04 Å². The van der Waals surface area contributed by atoms with E-state index in [1.54, 1.807) is 0 Å². The zero-order valence-corrected chi connectivity index (χ0v) is 12.0. The molecule has 0 radical (unpaired) electrons. The highest BCUT2D eigenvalue weighted by Crippen LogP contribution is 2.19. The topological polar surface area (TPSA) is 28.2 Å². The third-order valence-corrected chi connectivity index (χ3v) is 3.73. The van der Waals surface area contributed by atoms with Crippen LogP contribution in [-0.4, -0.2) is 35.6 Å². The summed E-state index contributed by atoms with van der Waals surface area (Å²) >= 11 is 0. The lowest BCUT2D eigenvalue weighted by Crippen LogP contribution is -2.49. The second-order valence-electron chi connectivity index (χ2n) is 5.02. The minimum absolute atomic E-state index is 0. The summed E-state index contributed by atoms with van der Waals surface area (Å²) in [6.07, 6.45) is 1.88. The van der Waals surface area contributed by atoms with Crippen LogP contribution in [0.4, 0.5) is 0 Å². The number of hydrogen-bond donors (Lipinski definition) is 1. The molecule has 1 fully saturated rings. The molecular weight excluding hydrogens is 258 g/mol. The molecule has 2 heterocycles. The Hall–Kier alpha value is -1.16. The van der Waals surface area contributed by atoms with Crippen LogP contribution in [0.15, 0.2) is 36.5 Å². The van der Waals surface area contributed by atoms with Gasteiger partial charge >= 0.3 is 0 Å². The number of fused-ring (bicyclic) bond motifs is 1. The van der Waals surface area contributed by atoms with Gasteiger partial charge in [0.25, 0.3) is 0 Å². The van der Waals surface area contributed by atoms with Crippen LogP contribution < -0.4 is 5.32 Å². The monoisotopic (exact) mass is 277 g/mol. The standard InChI is InChI=1S/C15H19N3.ClH/c1-12-10-16-8-9-18(12)11-14-5-2-4-13-6-3-7-17-15(13)14;/h2-7,12,16H,8-11H2,1H3;1H/t12-;/m1./s1. The van der Waals surface area contributed by atoms with Crippen molar-refractivity contribution in [1.29, 1.82) is 0 Å². The molecule has 0 unspecified atom stereocenters. The SMILES string of the molecule is C[C@@H]1CNCCN1Cc1cccc2cccnc12.Cl. The molecule has 0 amide bonds. The number of piperazine rings is 1. The van der Waals surface area contributed by atoms with Gasteiger partial charge in [-0.25, -0.2) is 0 Å². The van der Waals surface area contributed by atoms with Gasteiger partial charge in [0.15, 0.2) is 0 Å². The molecule has 102 valence electrons. The van der Waals surface area contributed by atoms with Crippen LogP contribution in [0.1, 0.15) is 12.5 Å². The van der Waals surface area contributed by atoms with Crippen molar-refractivity contribution in [3.8, 4) is 0 Å². The molecule has 19 heavy (non-hydrogen) atoms. The summed E-state index contributed by atoms with van der Waals surface area (Å²) in [5.74, 6) is 0. The second-order valence-corrected chi connectivity index (χ2v) is 5.02. The Balaban J connectivity index is 0.00000133. The highest BCUT2D eigenvalue weighted by Gasteiger charge is 2.18. The molecule has 0 spiro atoms. The number of halogens is 1. The van der Waals surface area contributed by atoms with Gasteiger partial charge in [-0.2, -0.15) is 0 Å². The Kier molecular flexibility index (Phi) is 4.75.